The molecule has 6 heteroatoms. The first-order valence-corrected chi connectivity index (χ1v) is 7.22. The van der Waals surface area contributed by atoms with Crippen LogP contribution >= 0.6 is 0 Å². The van der Waals surface area contributed by atoms with Gasteiger partial charge in [0.05, 0.1) is 39.6 Å². The highest BCUT2D eigenvalue weighted by Crippen LogP contribution is 1.98. The number of rotatable bonds is 13. The summed E-state index contributed by atoms with van der Waals surface area (Å²) in [7, 11) is 3.69. The van der Waals surface area contributed by atoms with Crippen molar-refractivity contribution < 1.29 is 19.0 Å². The molecule has 1 N–H and O–H groups in total. The topological polar surface area (TPSA) is 60.0 Å². The van der Waals surface area contributed by atoms with Crippen molar-refractivity contribution in [3.8, 4) is 0 Å². The fourth-order valence-electron chi connectivity index (χ4n) is 1.47. The predicted molar refractivity (Wildman–Crippen MR) is 78.9 cm³/mol. The highest BCUT2D eigenvalue weighted by molar-refractivity contribution is 5.77. The Hall–Kier alpha value is -0.690. The number of nitrogens with one attached hydrogen (secondary N) is 1. The van der Waals surface area contributed by atoms with E-state index in [1.165, 1.54) is 0 Å². The third-order valence-electron chi connectivity index (χ3n) is 2.68. The van der Waals surface area contributed by atoms with E-state index in [4.69, 9.17) is 14.2 Å². The number of carbonyl (C=O) groups is 1. The maximum Gasteiger partial charge on any atom is 0.224 e. The van der Waals surface area contributed by atoms with Crippen LogP contribution in [-0.2, 0) is 19.0 Å². The van der Waals surface area contributed by atoms with Crippen LogP contribution in [-0.4, -0.2) is 77.6 Å². The van der Waals surface area contributed by atoms with Crippen molar-refractivity contribution in [1.82, 2.24) is 10.2 Å². The maximum absolute atomic E-state index is 11.6. The molecule has 0 aliphatic rings. The summed E-state index contributed by atoms with van der Waals surface area (Å²) < 4.78 is 16.1. The minimum atomic E-state index is 0.0336. The molecule has 0 bridgehead atoms. The van der Waals surface area contributed by atoms with Gasteiger partial charge in [-0.1, -0.05) is 13.8 Å². The number of carbonyl (C=O) groups excluding carboxylic acids is 1. The first kappa shape index (κ1) is 19.3. The Balaban J connectivity index is 3.22. The molecule has 20 heavy (non-hydrogen) atoms. The lowest BCUT2D eigenvalue weighted by molar-refractivity contribution is -0.133. The molecule has 0 rings (SSSR count). The second-order valence-electron chi connectivity index (χ2n) is 4.86. The third-order valence-corrected chi connectivity index (χ3v) is 2.68. The minimum absolute atomic E-state index is 0.0336. The molecule has 0 saturated carbocycles. The lowest BCUT2D eigenvalue weighted by Gasteiger charge is -2.19. The standard InChI is InChI=1S/C14H30N2O4/c1-13(2)14(17)16(4)6-8-19-10-12-20-11-9-18-7-5-15-3/h13,15H,5-12H2,1-4H3. The predicted octanol–water partition coefficient (Wildman–Crippen LogP) is 0.370. The Bertz CT molecular complexity index is 237. The summed E-state index contributed by atoms with van der Waals surface area (Å²) >= 11 is 0. The average molecular weight is 290 g/mol. The number of likely N-dealkylation sites (N-methyl/N-ethyl adjacent to an activating group) is 2. The second kappa shape index (κ2) is 13.3. The Kier molecular flexibility index (Phi) is 12.8. The van der Waals surface area contributed by atoms with Gasteiger partial charge in [0.1, 0.15) is 0 Å². The fraction of sp³-hybridized carbons (Fsp3) is 0.929. The molecule has 0 aromatic heterocycles. The molecule has 0 heterocycles. The highest BCUT2D eigenvalue weighted by atomic mass is 16.5. The van der Waals surface area contributed by atoms with Crippen molar-refractivity contribution in [2.45, 2.75) is 13.8 Å². The molecule has 0 aromatic carbocycles. The fourth-order valence-corrected chi connectivity index (χ4v) is 1.47. The van der Waals surface area contributed by atoms with Crippen LogP contribution in [0.4, 0.5) is 0 Å². The Morgan fingerprint density at radius 3 is 2.00 bits per heavy atom. The van der Waals surface area contributed by atoms with Crippen molar-refractivity contribution in [2.24, 2.45) is 5.92 Å². The third kappa shape index (κ3) is 11.2. The van der Waals surface area contributed by atoms with Crippen LogP contribution in [0.25, 0.3) is 0 Å². The van der Waals surface area contributed by atoms with E-state index in [0.717, 1.165) is 6.54 Å². The zero-order valence-electron chi connectivity index (χ0n) is 13.3. The van der Waals surface area contributed by atoms with Gasteiger partial charge >= 0.3 is 0 Å². The number of hydrogen-bond acceptors (Lipinski definition) is 5. The number of hydrogen-bond donors (Lipinski definition) is 1. The van der Waals surface area contributed by atoms with Crippen LogP contribution in [0.3, 0.4) is 0 Å². The Labute approximate surface area is 122 Å². The summed E-state index contributed by atoms with van der Waals surface area (Å²) in [5.74, 6) is 0.176. The molecule has 1 amide bonds. The molecule has 0 unspecified atom stereocenters. The van der Waals surface area contributed by atoms with Gasteiger partial charge in [0.15, 0.2) is 0 Å². The molecular formula is C14H30N2O4. The Morgan fingerprint density at radius 1 is 1.00 bits per heavy atom. The second-order valence-corrected chi connectivity index (χ2v) is 4.86. The van der Waals surface area contributed by atoms with Crippen molar-refractivity contribution in [3.63, 3.8) is 0 Å². The summed E-state index contributed by atoms with van der Waals surface area (Å²) in [4.78, 5) is 13.3. The van der Waals surface area contributed by atoms with Gasteiger partial charge in [0.2, 0.25) is 5.91 Å². The van der Waals surface area contributed by atoms with Crippen molar-refractivity contribution in [3.05, 3.63) is 0 Å². The van der Waals surface area contributed by atoms with Gasteiger partial charge in [-0.25, -0.2) is 0 Å². The molecule has 0 aliphatic heterocycles. The number of nitrogens with zero attached hydrogens (tertiary/aromatic N) is 1. The maximum atomic E-state index is 11.6. The highest BCUT2D eigenvalue weighted by Gasteiger charge is 2.11. The summed E-state index contributed by atoms with van der Waals surface area (Å²) in [6.07, 6.45) is 0. The largest absolute Gasteiger partial charge is 0.378 e. The molecule has 0 aromatic rings. The van der Waals surface area contributed by atoms with Gasteiger partial charge < -0.3 is 24.4 Å². The first-order valence-electron chi connectivity index (χ1n) is 7.22. The number of amides is 1. The molecule has 0 radical (unpaired) electrons. The van der Waals surface area contributed by atoms with Gasteiger partial charge in [-0.05, 0) is 7.05 Å². The molecule has 0 fully saturated rings. The SMILES string of the molecule is CNCCOCCOCCOCCN(C)C(=O)C(C)C. The summed E-state index contributed by atoms with van der Waals surface area (Å²) in [6.45, 7) is 8.78. The van der Waals surface area contributed by atoms with Crippen molar-refractivity contribution in [1.29, 1.82) is 0 Å². The minimum Gasteiger partial charge on any atom is -0.378 e. The van der Waals surface area contributed by atoms with E-state index < -0.39 is 0 Å². The lowest BCUT2D eigenvalue weighted by Crippen LogP contribution is -2.33. The zero-order chi connectivity index (χ0) is 15.2. The normalized spacial score (nSPS) is 11.1. The molecule has 120 valence electrons. The van der Waals surface area contributed by atoms with Crippen molar-refractivity contribution in [2.75, 3.05) is 66.8 Å². The van der Waals surface area contributed by atoms with E-state index >= 15 is 0 Å². The monoisotopic (exact) mass is 290 g/mol. The van der Waals surface area contributed by atoms with Crippen LogP contribution in [0.15, 0.2) is 0 Å². The summed E-state index contributed by atoms with van der Waals surface area (Å²) in [5.41, 5.74) is 0. The lowest BCUT2D eigenvalue weighted by atomic mass is 10.2. The molecule has 0 aliphatic carbocycles. The van der Waals surface area contributed by atoms with Gasteiger partial charge in [-0.3, -0.25) is 4.79 Å². The molecule has 6 nitrogen and oxygen atoms in total. The van der Waals surface area contributed by atoms with E-state index in [1.807, 2.05) is 20.9 Å². The van der Waals surface area contributed by atoms with Gasteiger partial charge in [-0.15, -0.1) is 0 Å². The summed E-state index contributed by atoms with van der Waals surface area (Å²) in [5, 5.41) is 3.00. The first-order chi connectivity index (χ1) is 9.59. The van der Waals surface area contributed by atoms with Crippen molar-refractivity contribution >= 4 is 5.91 Å². The van der Waals surface area contributed by atoms with Crippen LogP contribution in [0.1, 0.15) is 13.8 Å². The van der Waals surface area contributed by atoms with E-state index in [0.29, 0.717) is 46.2 Å². The molecule has 0 atom stereocenters. The summed E-state index contributed by atoms with van der Waals surface area (Å²) in [6, 6.07) is 0. The average Bonchev–Trinajstić information content (AvgIpc) is 2.43. The molecule has 0 saturated heterocycles. The van der Waals surface area contributed by atoms with Crippen LogP contribution < -0.4 is 5.32 Å². The van der Waals surface area contributed by atoms with E-state index in [1.54, 1.807) is 11.9 Å². The molecular weight excluding hydrogens is 260 g/mol. The van der Waals surface area contributed by atoms with Crippen LogP contribution in [0, 0.1) is 5.92 Å². The van der Waals surface area contributed by atoms with Gasteiger partial charge in [0.25, 0.3) is 0 Å². The number of ether oxygens (including phenoxy) is 3. The molecule has 0 spiro atoms. The zero-order valence-corrected chi connectivity index (χ0v) is 13.3. The van der Waals surface area contributed by atoms with Gasteiger partial charge in [-0.2, -0.15) is 0 Å². The van der Waals surface area contributed by atoms with Crippen LogP contribution in [0.5, 0.6) is 0 Å². The smallest absolute Gasteiger partial charge is 0.224 e. The Morgan fingerprint density at radius 2 is 1.50 bits per heavy atom. The van der Waals surface area contributed by atoms with Gasteiger partial charge in [0, 0.05) is 26.1 Å². The van der Waals surface area contributed by atoms with E-state index in [-0.39, 0.29) is 11.8 Å². The van der Waals surface area contributed by atoms with E-state index in [2.05, 4.69) is 5.32 Å². The van der Waals surface area contributed by atoms with E-state index in [9.17, 15) is 4.79 Å². The quantitative estimate of drug-likeness (QED) is 0.497. The van der Waals surface area contributed by atoms with Crippen LogP contribution in [0.2, 0.25) is 0 Å².